The molecule has 2 fully saturated rings. The van der Waals surface area contributed by atoms with Gasteiger partial charge < -0.3 is 29.5 Å². The van der Waals surface area contributed by atoms with Crippen molar-refractivity contribution < 1.29 is 28.9 Å². The molecule has 0 bridgehead atoms. The Morgan fingerprint density at radius 3 is 2.52 bits per heavy atom. The number of carbonyl (C=O) groups excluding carboxylic acids is 1. The van der Waals surface area contributed by atoms with Gasteiger partial charge in [-0.2, -0.15) is 0 Å². The normalized spacial score (nSPS) is 19.7. The summed E-state index contributed by atoms with van der Waals surface area (Å²) in [6.45, 7) is 8.04. The largest absolute Gasteiger partial charge is 0.478 e. The zero-order chi connectivity index (χ0) is 28.2. The number of aromatic carboxylic acids is 1. The average Bonchev–Trinajstić information content (AvgIpc) is 2.96. The summed E-state index contributed by atoms with van der Waals surface area (Å²) < 4.78 is 17.8. The maximum absolute atomic E-state index is 13.1. The van der Waals surface area contributed by atoms with Crippen LogP contribution in [0.5, 0.6) is 0 Å². The number of carboxylic acid groups (broad SMARTS) is 1. The van der Waals surface area contributed by atoms with Crippen LogP contribution >= 0.6 is 0 Å². The highest BCUT2D eigenvalue weighted by molar-refractivity contribution is 5.91. The van der Waals surface area contributed by atoms with Gasteiger partial charge in [-0.05, 0) is 62.3 Å². The number of urea groups is 1. The number of morpholine rings is 1. The number of amides is 2. The van der Waals surface area contributed by atoms with Crippen molar-refractivity contribution in [2.24, 2.45) is 0 Å². The Labute approximate surface area is 237 Å². The van der Waals surface area contributed by atoms with E-state index in [9.17, 15) is 14.7 Å². The molecule has 40 heavy (non-hydrogen) atoms. The molecule has 0 radical (unpaired) electrons. The molecule has 2 aromatic rings. The van der Waals surface area contributed by atoms with Crippen LogP contribution < -0.4 is 5.32 Å². The van der Waals surface area contributed by atoms with Crippen LogP contribution in [0, 0.1) is 6.92 Å². The van der Waals surface area contributed by atoms with Crippen molar-refractivity contribution in [2.45, 2.75) is 57.8 Å². The van der Waals surface area contributed by atoms with E-state index < -0.39 is 5.97 Å². The number of rotatable bonds is 13. The van der Waals surface area contributed by atoms with Gasteiger partial charge in [0, 0.05) is 38.4 Å². The molecular weight excluding hydrogens is 510 g/mol. The van der Waals surface area contributed by atoms with Crippen LogP contribution in [-0.4, -0.2) is 91.7 Å². The van der Waals surface area contributed by atoms with Crippen molar-refractivity contribution in [2.75, 3.05) is 57.9 Å². The molecule has 2 aliphatic rings. The van der Waals surface area contributed by atoms with Gasteiger partial charge in [0.15, 0.2) is 0 Å². The first-order chi connectivity index (χ1) is 19.5. The van der Waals surface area contributed by atoms with Gasteiger partial charge in [0.2, 0.25) is 0 Å². The van der Waals surface area contributed by atoms with E-state index in [1.54, 1.807) is 0 Å². The fourth-order valence-corrected chi connectivity index (χ4v) is 5.45. The number of carbonyl (C=O) groups is 2. The third-order valence-electron chi connectivity index (χ3n) is 7.66. The molecule has 9 heteroatoms. The second-order valence-electron chi connectivity index (χ2n) is 10.6. The molecule has 2 atom stereocenters. The monoisotopic (exact) mass is 553 g/mol. The van der Waals surface area contributed by atoms with E-state index in [2.05, 4.69) is 10.2 Å². The van der Waals surface area contributed by atoms with E-state index in [0.29, 0.717) is 30.8 Å². The molecular formula is C31H43N3O6. The molecule has 2 aromatic carbocycles. The highest BCUT2D eigenvalue weighted by Crippen LogP contribution is 2.25. The molecule has 2 amide bonds. The van der Waals surface area contributed by atoms with Crippen molar-refractivity contribution in [3.63, 3.8) is 0 Å². The standard InChI is InChI=1S/C31H43N3O6/c1-24-8-5-9-25(29(24)30(35)36)23-40-28-13-6-12-27(22-28)39-21-18-34(15-7-14-33-16-19-38-20-17-33)31(37)32-26-10-3-2-4-11-26/h2-5,8-11,27-28H,6-7,12-23H2,1H3,(H,32,37)(H,35,36). The van der Waals surface area contributed by atoms with Crippen molar-refractivity contribution in [3.8, 4) is 0 Å². The lowest BCUT2D eigenvalue weighted by molar-refractivity contribution is -0.0523. The predicted octanol–water partition coefficient (Wildman–Crippen LogP) is 4.79. The number of anilines is 1. The minimum Gasteiger partial charge on any atom is -0.478 e. The number of hydrogen-bond acceptors (Lipinski definition) is 6. The quantitative estimate of drug-likeness (QED) is 0.368. The molecule has 1 aliphatic heterocycles. The Kier molecular flexibility index (Phi) is 11.8. The predicted molar refractivity (Wildman–Crippen MR) is 154 cm³/mol. The lowest BCUT2D eigenvalue weighted by Gasteiger charge is -2.31. The molecule has 218 valence electrons. The summed E-state index contributed by atoms with van der Waals surface area (Å²) >= 11 is 0. The molecule has 1 saturated heterocycles. The van der Waals surface area contributed by atoms with Crippen LogP contribution in [0.15, 0.2) is 48.5 Å². The van der Waals surface area contributed by atoms with E-state index >= 15 is 0 Å². The Bertz CT molecular complexity index is 1080. The fraction of sp³-hybridized carbons (Fsp3) is 0.548. The summed E-state index contributed by atoms with van der Waals surface area (Å²) in [5.74, 6) is -0.924. The molecule has 2 unspecified atom stereocenters. The second kappa shape index (κ2) is 15.7. The van der Waals surface area contributed by atoms with Gasteiger partial charge in [0.1, 0.15) is 0 Å². The Hall–Kier alpha value is -2.98. The number of ether oxygens (including phenoxy) is 3. The van der Waals surface area contributed by atoms with Gasteiger partial charge in [0.05, 0.1) is 44.2 Å². The molecule has 1 saturated carbocycles. The van der Waals surface area contributed by atoms with Crippen LogP contribution in [0.4, 0.5) is 10.5 Å². The SMILES string of the molecule is Cc1cccc(COC2CCCC(OCCN(CCCN3CCOCC3)C(=O)Nc3ccccc3)C2)c1C(=O)O. The summed E-state index contributed by atoms with van der Waals surface area (Å²) in [6, 6.07) is 14.9. The lowest BCUT2D eigenvalue weighted by atomic mass is 9.94. The Balaban J connectivity index is 1.25. The van der Waals surface area contributed by atoms with Crippen molar-refractivity contribution in [1.82, 2.24) is 9.80 Å². The third-order valence-corrected chi connectivity index (χ3v) is 7.66. The molecule has 9 nitrogen and oxygen atoms in total. The van der Waals surface area contributed by atoms with E-state index in [0.717, 1.165) is 76.2 Å². The number of aryl methyl sites for hydroxylation is 1. The highest BCUT2D eigenvalue weighted by Gasteiger charge is 2.25. The van der Waals surface area contributed by atoms with Crippen LogP contribution in [-0.2, 0) is 20.8 Å². The number of benzene rings is 2. The first-order valence-corrected chi connectivity index (χ1v) is 14.5. The van der Waals surface area contributed by atoms with Crippen molar-refractivity contribution in [3.05, 3.63) is 65.2 Å². The van der Waals surface area contributed by atoms with E-state index in [-0.39, 0.29) is 24.8 Å². The first-order valence-electron chi connectivity index (χ1n) is 14.5. The van der Waals surface area contributed by atoms with Crippen molar-refractivity contribution >= 4 is 17.7 Å². The second-order valence-corrected chi connectivity index (χ2v) is 10.6. The zero-order valence-electron chi connectivity index (χ0n) is 23.6. The molecule has 0 aromatic heterocycles. The summed E-state index contributed by atoms with van der Waals surface area (Å²) in [7, 11) is 0. The Morgan fingerprint density at radius 1 is 1.02 bits per heavy atom. The number of nitrogens with one attached hydrogen (secondary N) is 1. The maximum Gasteiger partial charge on any atom is 0.336 e. The maximum atomic E-state index is 13.1. The van der Waals surface area contributed by atoms with Gasteiger partial charge >= 0.3 is 12.0 Å². The van der Waals surface area contributed by atoms with Gasteiger partial charge in [-0.3, -0.25) is 4.90 Å². The van der Waals surface area contributed by atoms with Crippen LogP contribution in [0.1, 0.15) is 53.6 Å². The van der Waals surface area contributed by atoms with Gasteiger partial charge in [-0.25, -0.2) is 9.59 Å². The minimum atomic E-state index is -0.924. The third kappa shape index (κ3) is 9.30. The van der Waals surface area contributed by atoms with Gasteiger partial charge in [-0.15, -0.1) is 0 Å². The van der Waals surface area contributed by atoms with E-state index in [1.165, 1.54) is 0 Å². The highest BCUT2D eigenvalue weighted by atomic mass is 16.5. The summed E-state index contributed by atoms with van der Waals surface area (Å²) in [5, 5.41) is 12.6. The van der Waals surface area contributed by atoms with Gasteiger partial charge in [0.25, 0.3) is 0 Å². The van der Waals surface area contributed by atoms with E-state index in [1.807, 2.05) is 60.4 Å². The van der Waals surface area contributed by atoms with Crippen molar-refractivity contribution in [1.29, 1.82) is 0 Å². The molecule has 1 aliphatic carbocycles. The number of nitrogens with zero attached hydrogens (tertiary/aromatic N) is 2. The zero-order valence-corrected chi connectivity index (χ0v) is 23.6. The number of hydrogen-bond donors (Lipinski definition) is 2. The smallest absolute Gasteiger partial charge is 0.336 e. The Morgan fingerprint density at radius 2 is 1.77 bits per heavy atom. The molecule has 0 spiro atoms. The molecule has 1 heterocycles. The molecule has 4 rings (SSSR count). The van der Waals surface area contributed by atoms with Crippen LogP contribution in [0.2, 0.25) is 0 Å². The average molecular weight is 554 g/mol. The molecule has 2 N–H and O–H groups in total. The lowest BCUT2D eigenvalue weighted by Crippen LogP contribution is -2.41. The number of para-hydroxylation sites is 1. The van der Waals surface area contributed by atoms with E-state index in [4.69, 9.17) is 14.2 Å². The fourth-order valence-electron chi connectivity index (χ4n) is 5.45. The number of carboxylic acids is 1. The topological polar surface area (TPSA) is 101 Å². The summed E-state index contributed by atoms with van der Waals surface area (Å²) in [5.41, 5.74) is 2.55. The summed E-state index contributed by atoms with van der Waals surface area (Å²) in [4.78, 5) is 29.0. The summed E-state index contributed by atoms with van der Waals surface area (Å²) in [6.07, 6.45) is 4.61. The minimum absolute atomic E-state index is 0.0203. The van der Waals surface area contributed by atoms with Gasteiger partial charge in [-0.1, -0.05) is 36.4 Å². The van der Waals surface area contributed by atoms with Crippen LogP contribution in [0.3, 0.4) is 0 Å². The first kappa shape index (κ1) is 30.0. The van der Waals surface area contributed by atoms with Crippen LogP contribution in [0.25, 0.3) is 0 Å².